The maximum absolute atomic E-state index is 13.3. The summed E-state index contributed by atoms with van der Waals surface area (Å²) in [6.45, 7) is 3.77. The minimum atomic E-state index is -0.492. The van der Waals surface area contributed by atoms with E-state index in [0.29, 0.717) is 5.92 Å². The van der Waals surface area contributed by atoms with Crippen molar-refractivity contribution in [2.45, 2.75) is 26.0 Å². The number of benzene rings is 1. The maximum atomic E-state index is 13.3. The molecule has 0 aromatic heterocycles. The van der Waals surface area contributed by atoms with Gasteiger partial charge < -0.3 is 10.1 Å². The Balaban J connectivity index is 1.86. The molecule has 1 aliphatic rings. The summed E-state index contributed by atoms with van der Waals surface area (Å²) in [6.07, 6.45) is 1.24. The monoisotopic (exact) mass is 241 g/mol. The number of hydrogen-bond acceptors (Lipinski definition) is 2. The minimum Gasteiger partial charge on any atom is -0.378 e. The molecule has 0 bridgehead atoms. The fourth-order valence-electron chi connectivity index (χ4n) is 2.13. The summed E-state index contributed by atoms with van der Waals surface area (Å²) in [5, 5.41) is 3.10. The number of ether oxygens (including phenoxy) is 1. The molecule has 1 aromatic rings. The van der Waals surface area contributed by atoms with Crippen molar-refractivity contribution in [1.82, 2.24) is 5.32 Å². The molecule has 4 heteroatoms. The summed E-state index contributed by atoms with van der Waals surface area (Å²) in [5.41, 5.74) is 0.110. The lowest BCUT2D eigenvalue weighted by Crippen LogP contribution is -2.27. The van der Waals surface area contributed by atoms with Crippen LogP contribution in [-0.2, 0) is 11.3 Å². The van der Waals surface area contributed by atoms with E-state index in [0.717, 1.165) is 19.6 Å². The van der Waals surface area contributed by atoms with E-state index in [1.165, 1.54) is 18.2 Å². The third kappa shape index (κ3) is 3.01. The Kier molecular flexibility index (Phi) is 4.07. The average molecular weight is 241 g/mol. The van der Waals surface area contributed by atoms with Crippen LogP contribution in [0.15, 0.2) is 18.2 Å². The maximum Gasteiger partial charge on any atom is 0.130 e. The zero-order valence-corrected chi connectivity index (χ0v) is 9.88. The Hall–Kier alpha value is -1.00. The lowest BCUT2D eigenvalue weighted by atomic mass is 10.0. The van der Waals surface area contributed by atoms with Crippen molar-refractivity contribution in [3.05, 3.63) is 35.4 Å². The lowest BCUT2D eigenvalue weighted by Gasteiger charge is -2.15. The molecule has 0 saturated carbocycles. The van der Waals surface area contributed by atoms with E-state index < -0.39 is 11.6 Å². The van der Waals surface area contributed by atoms with Gasteiger partial charge in [0.1, 0.15) is 11.6 Å². The molecule has 94 valence electrons. The van der Waals surface area contributed by atoms with Crippen LogP contribution in [0.5, 0.6) is 0 Å². The fourth-order valence-corrected chi connectivity index (χ4v) is 2.13. The van der Waals surface area contributed by atoms with Crippen LogP contribution in [-0.4, -0.2) is 19.3 Å². The predicted octanol–water partition coefficient (Wildman–Crippen LogP) is 2.48. The topological polar surface area (TPSA) is 21.3 Å². The summed E-state index contributed by atoms with van der Waals surface area (Å²) in [5.74, 6) is -0.550. The first-order valence-corrected chi connectivity index (χ1v) is 5.93. The molecule has 0 radical (unpaired) electrons. The van der Waals surface area contributed by atoms with Crippen LogP contribution < -0.4 is 5.32 Å². The van der Waals surface area contributed by atoms with Gasteiger partial charge >= 0.3 is 0 Å². The molecule has 0 aliphatic carbocycles. The highest BCUT2D eigenvalue weighted by Crippen LogP contribution is 2.19. The fraction of sp³-hybridized carbons (Fsp3) is 0.538. The molecular formula is C13H17F2NO. The van der Waals surface area contributed by atoms with Crippen molar-refractivity contribution < 1.29 is 13.5 Å². The van der Waals surface area contributed by atoms with E-state index in [9.17, 15) is 8.78 Å². The first kappa shape index (κ1) is 12.5. The quantitative estimate of drug-likeness (QED) is 0.874. The standard InChI is InChI=1S/C13H17F2NO/c1-9-10(5-6-17-9)7-16-8-11-12(14)3-2-4-13(11)15/h2-4,9-10,16H,5-8H2,1H3. The molecular weight excluding hydrogens is 224 g/mol. The van der Waals surface area contributed by atoms with Gasteiger partial charge in [-0.05, 0) is 31.4 Å². The molecule has 17 heavy (non-hydrogen) atoms. The third-order valence-corrected chi connectivity index (χ3v) is 3.30. The Labute approximate surface area is 100.0 Å². The zero-order chi connectivity index (χ0) is 12.3. The van der Waals surface area contributed by atoms with Crippen LogP contribution in [0.1, 0.15) is 18.9 Å². The van der Waals surface area contributed by atoms with Crippen molar-refractivity contribution in [2.24, 2.45) is 5.92 Å². The number of hydrogen-bond donors (Lipinski definition) is 1. The van der Waals surface area contributed by atoms with Crippen LogP contribution >= 0.6 is 0 Å². The number of rotatable bonds is 4. The van der Waals surface area contributed by atoms with Crippen LogP contribution in [0.25, 0.3) is 0 Å². The zero-order valence-electron chi connectivity index (χ0n) is 9.88. The molecule has 2 rings (SSSR count). The van der Waals surface area contributed by atoms with Crippen molar-refractivity contribution in [2.75, 3.05) is 13.2 Å². The second-order valence-corrected chi connectivity index (χ2v) is 4.46. The van der Waals surface area contributed by atoms with Crippen LogP contribution in [0.2, 0.25) is 0 Å². The van der Waals surface area contributed by atoms with Gasteiger partial charge in [-0.2, -0.15) is 0 Å². The molecule has 1 heterocycles. The molecule has 2 unspecified atom stereocenters. The Morgan fingerprint density at radius 3 is 2.65 bits per heavy atom. The van der Waals surface area contributed by atoms with Gasteiger partial charge in [0.25, 0.3) is 0 Å². The van der Waals surface area contributed by atoms with Gasteiger partial charge in [-0.3, -0.25) is 0 Å². The van der Waals surface area contributed by atoms with E-state index in [1.807, 2.05) is 6.92 Å². The van der Waals surface area contributed by atoms with Gasteiger partial charge in [-0.25, -0.2) is 8.78 Å². The molecule has 0 spiro atoms. The van der Waals surface area contributed by atoms with Crippen molar-refractivity contribution in [3.63, 3.8) is 0 Å². The smallest absolute Gasteiger partial charge is 0.130 e. The summed E-state index contributed by atoms with van der Waals surface area (Å²) in [7, 11) is 0. The van der Waals surface area contributed by atoms with Crippen molar-refractivity contribution in [3.8, 4) is 0 Å². The highest BCUT2D eigenvalue weighted by molar-refractivity contribution is 5.19. The van der Waals surface area contributed by atoms with Gasteiger partial charge in [0, 0.05) is 25.3 Å². The predicted molar refractivity (Wildman–Crippen MR) is 61.6 cm³/mol. The van der Waals surface area contributed by atoms with E-state index >= 15 is 0 Å². The SMILES string of the molecule is CC1OCCC1CNCc1c(F)cccc1F. The van der Waals surface area contributed by atoms with E-state index in [-0.39, 0.29) is 18.2 Å². The van der Waals surface area contributed by atoms with E-state index in [4.69, 9.17) is 4.74 Å². The first-order chi connectivity index (χ1) is 8.18. The second kappa shape index (κ2) is 5.56. The molecule has 2 atom stereocenters. The molecule has 1 fully saturated rings. The molecule has 1 N–H and O–H groups in total. The Morgan fingerprint density at radius 1 is 1.35 bits per heavy atom. The second-order valence-electron chi connectivity index (χ2n) is 4.46. The van der Waals surface area contributed by atoms with Gasteiger partial charge in [-0.1, -0.05) is 6.07 Å². The highest BCUT2D eigenvalue weighted by Gasteiger charge is 2.23. The lowest BCUT2D eigenvalue weighted by molar-refractivity contribution is 0.105. The molecule has 1 aliphatic heterocycles. The largest absolute Gasteiger partial charge is 0.378 e. The summed E-state index contributed by atoms with van der Waals surface area (Å²) in [4.78, 5) is 0. The first-order valence-electron chi connectivity index (χ1n) is 5.93. The molecule has 0 amide bonds. The molecule has 1 aromatic carbocycles. The minimum absolute atomic E-state index is 0.110. The van der Waals surface area contributed by atoms with Gasteiger partial charge in [-0.15, -0.1) is 0 Å². The van der Waals surface area contributed by atoms with Crippen LogP contribution in [0.3, 0.4) is 0 Å². The Morgan fingerprint density at radius 2 is 2.06 bits per heavy atom. The number of halogens is 2. The average Bonchev–Trinajstić information content (AvgIpc) is 2.69. The Bertz CT molecular complexity index is 363. The summed E-state index contributed by atoms with van der Waals surface area (Å²) in [6, 6.07) is 3.93. The molecule has 1 saturated heterocycles. The van der Waals surface area contributed by atoms with Gasteiger partial charge in [0.05, 0.1) is 6.10 Å². The van der Waals surface area contributed by atoms with Gasteiger partial charge in [0.15, 0.2) is 0 Å². The van der Waals surface area contributed by atoms with Crippen molar-refractivity contribution in [1.29, 1.82) is 0 Å². The third-order valence-electron chi connectivity index (χ3n) is 3.30. The highest BCUT2D eigenvalue weighted by atomic mass is 19.1. The van der Waals surface area contributed by atoms with Crippen molar-refractivity contribution >= 4 is 0 Å². The van der Waals surface area contributed by atoms with Gasteiger partial charge in [0.2, 0.25) is 0 Å². The van der Waals surface area contributed by atoms with E-state index in [1.54, 1.807) is 0 Å². The number of nitrogens with one attached hydrogen (secondary N) is 1. The molecule has 2 nitrogen and oxygen atoms in total. The van der Waals surface area contributed by atoms with Crippen LogP contribution in [0.4, 0.5) is 8.78 Å². The van der Waals surface area contributed by atoms with Crippen LogP contribution in [0, 0.1) is 17.6 Å². The normalized spacial score (nSPS) is 24.2. The summed E-state index contributed by atoms with van der Waals surface area (Å²) >= 11 is 0. The summed E-state index contributed by atoms with van der Waals surface area (Å²) < 4.78 is 32.1. The van der Waals surface area contributed by atoms with E-state index in [2.05, 4.69) is 5.32 Å².